The molecule has 4 N–H and O–H groups in total. The standard InChI is InChI=1S/C10H14N4O/c1-7(15)2-4-13-10-9(12)8(6-11)3-5-14-10/h3,5,7,15H,2,4,12H2,1H3,(H,13,14). The summed E-state index contributed by atoms with van der Waals surface area (Å²) in [5, 5.41) is 20.8. The first-order valence-corrected chi connectivity index (χ1v) is 4.71. The summed E-state index contributed by atoms with van der Waals surface area (Å²) in [6.07, 6.45) is 1.77. The number of rotatable bonds is 4. The first kappa shape index (κ1) is 11.3. The van der Waals surface area contributed by atoms with Gasteiger partial charge in [-0.25, -0.2) is 4.98 Å². The lowest BCUT2D eigenvalue weighted by Gasteiger charge is -2.09. The Morgan fingerprint density at radius 2 is 2.47 bits per heavy atom. The summed E-state index contributed by atoms with van der Waals surface area (Å²) in [5.41, 5.74) is 6.46. The van der Waals surface area contributed by atoms with Gasteiger partial charge in [0.1, 0.15) is 6.07 Å². The molecule has 0 spiro atoms. The topological polar surface area (TPSA) is 95.0 Å². The van der Waals surface area contributed by atoms with Crippen molar-refractivity contribution in [1.29, 1.82) is 5.26 Å². The van der Waals surface area contributed by atoms with E-state index in [2.05, 4.69) is 10.3 Å². The summed E-state index contributed by atoms with van der Waals surface area (Å²) in [4.78, 5) is 4.01. The highest BCUT2D eigenvalue weighted by molar-refractivity contribution is 5.68. The highest BCUT2D eigenvalue weighted by atomic mass is 16.3. The molecule has 0 saturated carbocycles. The summed E-state index contributed by atoms with van der Waals surface area (Å²) < 4.78 is 0. The average molecular weight is 206 g/mol. The number of nitrogen functional groups attached to an aromatic ring is 1. The molecule has 1 heterocycles. The van der Waals surface area contributed by atoms with Gasteiger partial charge in [0.15, 0.2) is 5.82 Å². The van der Waals surface area contributed by atoms with E-state index in [4.69, 9.17) is 16.1 Å². The molecule has 0 aliphatic rings. The number of pyridine rings is 1. The molecule has 0 aromatic carbocycles. The molecule has 1 rings (SSSR count). The molecule has 1 unspecified atom stereocenters. The molecule has 0 aliphatic heterocycles. The predicted octanol–water partition coefficient (Wildman–Crippen LogP) is 0.718. The van der Waals surface area contributed by atoms with Crippen LogP contribution in [0.1, 0.15) is 18.9 Å². The van der Waals surface area contributed by atoms with Crippen LogP contribution in [-0.2, 0) is 0 Å². The van der Waals surface area contributed by atoms with Crippen LogP contribution in [0.5, 0.6) is 0 Å². The van der Waals surface area contributed by atoms with Crippen molar-refractivity contribution < 1.29 is 5.11 Å². The monoisotopic (exact) mass is 206 g/mol. The zero-order valence-electron chi connectivity index (χ0n) is 8.57. The van der Waals surface area contributed by atoms with Crippen LogP contribution in [0.3, 0.4) is 0 Å². The van der Waals surface area contributed by atoms with Gasteiger partial charge in [-0.05, 0) is 19.4 Å². The van der Waals surface area contributed by atoms with Crippen molar-refractivity contribution >= 4 is 11.5 Å². The van der Waals surface area contributed by atoms with Crippen molar-refractivity contribution in [3.63, 3.8) is 0 Å². The average Bonchev–Trinajstić information content (AvgIpc) is 2.20. The SMILES string of the molecule is CC(O)CCNc1nccc(C#N)c1N. The first-order chi connectivity index (χ1) is 7.15. The molecule has 15 heavy (non-hydrogen) atoms. The third kappa shape index (κ3) is 3.11. The van der Waals surface area contributed by atoms with Gasteiger partial charge in [-0.3, -0.25) is 0 Å². The van der Waals surface area contributed by atoms with Gasteiger partial charge >= 0.3 is 0 Å². The number of nitriles is 1. The lowest BCUT2D eigenvalue weighted by molar-refractivity contribution is 0.188. The van der Waals surface area contributed by atoms with Gasteiger partial charge in [-0.15, -0.1) is 0 Å². The van der Waals surface area contributed by atoms with Crippen LogP contribution >= 0.6 is 0 Å². The number of nitrogens with zero attached hydrogens (tertiary/aromatic N) is 2. The Morgan fingerprint density at radius 3 is 3.07 bits per heavy atom. The van der Waals surface area contributed by atoms with Gasteiger partial charge in [-0.2, -0.15) is 5.26 Å². The van der Waals surface area contributed by atoms with Crippen molar-refractivity contribution in [2.24, 2.45) is 0 Å². The third-order valence-electron chi connectivity index (χ3n) is 1.97. The smallest absolute Gasteiger partial charge is 0.150 e. The Bertz CT molecular complexity index is 370. The number of aromatic nitrogens is 1. The number of anilines is 2. The maximum Gasteiger partial charge on any atom is 0.150 e. The van der Waals surface area contributed by atoms with E-state index in [1.54, 1.807) is 13.0 Å². The van der Waals surface area contributed by atoms with Crippen molar-refractivity contribution in [3.8, 4) is 6.07 Å². The predicted molar refractivity (Wildman–Crippen MR) is 58.2 cm³/mol. The molecule has 0 bridgehead atoms. The minimum Gasteiger partial charge on any atom is -0.395 e. The number of hydrogen-bond donors (Lipinski definition) is 3. The quantitative estimate of drug-likeness (QED) is 0.674. The summed E-state index contributed by atoms with van der Waals surface area (Å²) in [7, 11) is 0. The second-order valence-electron chi connectivity index (χ2n) is 3.30. The van der Waals surface area contributed by atoms with Crippen LogP contribution in [0.2, 0.25) is 0 Å². The number of hydrogen-bond acceptors (Lipinski definition) is 5. The maximum atomic E-state index is 9.06. The van der Waals surface area contributed by atoms with E-state index in [9.17, 15) is 0 Å². The van der Waals surface area contributed by atoms with Gasteiger partial charge in [0.2, 0.25) is 0 Å². The highest BCUT2D eigenvalue weighted by Gasteiger charge is 2.05. The van der Waals surface area contributed by atoms with Crippen LogP contribution < -0.4 is 11.1 Å². The Balaban J connectivity index is 2.66. The lowest BCUT2D eigenvalue weighted by Crippen LogP contribution is -2.12. The Labute approximate surface area is 88.6 Å². The zero-order valence-corrected chi connectivity index (χ0v) is 8.57. The molecule has 0 radical (unpaired) electrons. The second-order valence-corrected chi connectivity index (χ2v) is 3.30. The van der Waals surface area contributed by atoms with Crippen LogP contribution in [0, 0.1) is 11.3 Å². The van der Waals surface area contributed by atoms with Crippen molar-refractivity contribution in [3.05, 3.63) is 17.8 Å². The minimum absolute atomic E-state index is 0.352. The molecule has 1 atom stereocenters. The molecule has 1 aromatic rings. The molecular weight excluding hydrogens is 192 g/mol. The van der Waals surface area contributed by atoms with Gasteiger partial charge in [0, 0.05) is 12.7 Å². The van der Waals surface area contributed by atoms with Gasteiger partial charge in [0.05, 0.1) is 17.4 Å². The maximum absolute atomic E-state index is 9.06. The largest absolute Gasteiger partial charge is 0.395 e. The van der Waals surface area contributed by atoms with E-state index >= 15 is 0 Å². The number of aliphatic hydroxyl groups is 1. The number of nitrogens with one attached hydrogen (secondary N) is 1. The summed E-state index contributed by atoms with van der Waals surface area (Å²) >= 11 is 0. The van der Waals surface area contributed by atoms with E-state index < -0.39 is 0 Å². The van der Waals surface area contributed by atoms with E-state index in [0.29, 0.717) is 30.0 Å². The molecule has 5 nitrogen and oxygen atoms in total. The minimum atomic E-state index is -0.363. The first-order valence-electron chi connectivity index (χ1n) is 4.71. The van der Waals surface area contributed by atoms with Crippen molar-refractivity contribution in [2.45, 2.75) is 19.4 Å². The van der Waals surface area contributed by atoms with Gasteiger partial charge in [-0.1, -0.05) is 0 Å². The van der Waals surface area contributed by atoms with E-state index in [1.807, 2.05) is 6.07 Å². The molecule has 0 saturated heterocycles. The summed E-state index contributed by atoms with van der Waals surface area (Å²) in [5.74, 6) is 0.495. The van der Waals surface area contributed by atoms with Crippen LogP contribution in [0.25, 0.3) is 0 Å². The fourth-order valence-electron chi connectivity index (χ4n) is 1.11. The lowest BCUT2D eigenvalue weighted by atomic mass is 10.2. The van der Waals surface area contributed by atoms with Gasteiger partial charge < -0.3 is 16.2 Å². The normalized spacial score (nSPS) is 11.8. The Kier molecular flexibility index (Phi) is 3.89. The second kappa shape index (κ2) is 5.17. The number of nitrogens with two attached hydrogens (primary N) is 1. The highest BCUT2D eigenvalue weighted by Crippen LogP contribution is 2.18. The third-order valence-corrected chi connectivity index (χ3v) is 1.97. The molecule has 80 valence electrons. The fraction of sp³-hybridized carbons (Fsp3) is 0.400. The summed E-state index contributed by atoms with van der Waals surface area (Å²) in [6, 6.07) is 3.55. The number of aliphatic hydroxyl groups excluding tert-OH is 1. The van der Waals surface area contributed by atoms with E-state index in [1.165, 1.54) is 6.20 Å². The molecule has 1 aromatic heterocycles. The van der Waals surface area contributed by atoms with Crippen LogP contribution in [-0.4, -0.2) is 22.7 Å². The van der Waals surface area contributed by atoms with Crippen molar-refractivity contribution in [1.82, 2.24) is 4.98 Å². The van der Waals surface area contributed by atoms with E-state index in [-0.39, 0.29) is 6.10 Å². The zero-order chi connectivity index (χ0) is 11.3. The molecule has 0 aliphatic carbocycles. The van der Waals surface area contributed by atoms with E-state index in [0.717, 1.165) is 0 Å². The van der Waals surface area contributed by atoms with Crippen LogP contribution in [0.4, 0.5) is 11.5 Å². The molecule has 0 amide bonds. The molecule has 0 fully saturated rings. The molecule has 5 heteroatoms. The fourth-order valence-corrected chi connectivity index (χ4v) is 1.11. The van der Waals surface area contributed by atoms with Gasteiger partial charge in [0.25, 0.3) is 0 Å². The summed E-state index contributed by atoms with van der Waals surface area (Å²) in [6.45, 7) is 2.29. The Morgan fingerprint density at radius 1 is 1.73 bits per heavy atom. The molecular formula is C10H14N4O. The van der Waals surface area contributed by atoms with Crippen molar-refractivity contribution in [2.75, 3.05) is 17.6 Å². The Hall–Kier alpha value is -1.80. The van der Waals surface area contributed by atoms with Crippen LogP contribution in [0.15, 0.2) is 12.3 Å².